The highest BCUT2D eigenvalue weighted by molar-refractivity contribution is 5.96. The molecular weight excluding hydrogens is 254 g/mol. The number of likely N-dealkylation sites (N-methyl/N-ethyl adjacent to an activating group) is 1. The van der Waals surface area contributed by atoms with E-state index >= 15 is 0 Å². The van der Waals surface area contributed by atoms with Crippen molar-refractivity contribution in [2.45, 2.75) is 20.0 Å². The van der Waals surface area contributed by atoms with Gasteiger partial charge in [0.15, 0.2) is 0 Å². The summed E-state index contributed by atoms with van der Waals surface area (Å²) in [5.41, 5.74) is 7.89. The van der Waals surface area contributed by atoms with E-state index in [1.54, 1.807) is 12.1 Å². The first-order valence-electron chi connectivity index (χ1n) is 7.08. The summed E-state index contributed by atoms with van der Waals surface area (Å²) < 4.78 is 5.67. The standard InChI is InChI=1S/C15H23N3O2/c1-3-18-6-7-20-13(10-18)9-17-15(19)14-8-12(16)5-4-11(14)2/h4-5,8,13H,3,6-7,9-10,16H2,1-2H3,(H,17,19). The maximum atomic E-state index is 12.2. The average molecular weight is 277 g/mol. The number of nitrogens with two attached hydrogens (primary N) is 1. The van der Waals surface area contributed by atoms with Crippen molar-refractivity contribution in [2.24, 2.45) is 0 Å². The minimum atomic E-state index is -0.0907. The van der Waals surface area contributed by atoms with Crippen molar-refractivity contribution in [3.05, 3.63) is 29.3 Å². The van der Waals surface area contributed by atoms with Gasteiger partial charge in [-0.3, -0.25) is 9.69 Å². The highest BCUT2D eigenvalue weighted by Crippen LogP contribution is 2.12. The second-order valence-corrected chi connectivity index (χ2v) is 5.17. The maximum absolute atomic E-state index is 12.2. The number of hydrogen-bond acceptors (Lipinski definition) is 4. The summed E-state index contributed by atoms with van der Waals surface area (Å²) in [6.07, 6.45) is 0.0639. The number of carbonyl (C=O) groups is 1. The number of rotatable bonds is 4. The van der Waals surface area contributed by atoms with Gasteiger partial charge in [0.1, 0.15) is 0 Å². The molecule has 0 bridgehead atoms. The first-order valence-corrected chi connectivity index (χ1v) is 7.08. The molecule has 5 nitrogen and oxygen atoms in total. The third kappa shape index (κ3) is 3.71. The van der Waals surface area contributed by atoms with Gasteiger partial charge >= 0.3 is 0 Å². The quantitative estimate of drug-likeness (QED) is 0.807. The Kier molecular flexibility index (Phi) is 4.98. The summed E-state index contributed by atoms with van der Waals surface area (Å²) in [6, 6.07) is 5.38. The molecule has 3 N–H and O–H groups in total. The topological polar surface area (TPSA) is 67.6 Å². The van der Waals surface area contributed by atoms with Crippen molar-refractivity contribution in [1.82, 2.24) is 10.2 Å². The van der Waals surface area contributed by atoms with E-state index < -0.39 is 0 Å². The van der Waals surface area contributed by atoms with Gasteiger partial charge in [0.05, 0.1) is 12.7 Å². The highest BCUT2D eigenvalue weighted by atomic mass is 16.5. The van der Waals surface area contributed by atoms with Crippen LogP contribution >= 0.6 is 0 Å². The maximum Gasteiger partial charge on any atom is 0.251 e. The molecule has 20 heavy (non-hydrogen) atoms. The van der Waals surface area contributed by atoms with Crippen molar-refractivity contribution in [3.8, 4) is 0 Å². The van der Waals surface area contributed by atoms with Gasteiger partial charge < -0.3 is 15.8 Å². The fourth-order valence-electron chi connectivity index (χ4n) is 2.38. The van der Waals surface area contributed by atoms with Gasteiger partial charge in [-0.2, -0.15) is 0 Å². The summed E-state index contributed by atoms with van der Waals surface area (Å²) >= 11 is 0. The van der Waals surface area contributed by atoms with Crippen LogP contribution in [0.3, 0.4) is 0 Å². The Morgan fingerprint density at radius 1 is 1.55 bits per heavy atom. The van der Waals surface area contributed by atoms with Gasteiger partial charge in [0.2, 0.25) is 0 Å². The van der Waals surface area contributed by atoms with Crippen LogP contribution in [0.4, 0.5) is 5.69 Å². The Morgan fingerprint density at radius 2 is 2.35 bits per heavy atom. The predicted molar refractivity (Wildman–Crippen MR) is 79.8 cm³/mol. The molecule has 1 aliphatic rings. The zero-order valence-electron chi connectivity index (χ0n) is 12.2. The van der Waals surface area contributed by atoms with Gasteiger partial charge in [0.25, 0.3) is 5.91 Å². The van der Waals surface area contributed by atoms with E-state index in [0.29, 0.717) is 17.8 Å². The molecule has 0 saturated carbocycles. The van der Waals surface area contributed by atoms with Crippen LogP contribution in [-0.2, 0) is 4.74 Å². The SMILES string of the molecule is CCN1CCOC(CNC(=O)c2cc(N)ccc2C)C1. The molecule has 1 aromatic rings. The third-order valence-electron chi connectivity index (χ3n) is 3.67. The van der Waals surface area contributed by atoms with E-state index in [2.05, 4.69) is 17.1 Å². The van der Waals surface area contributed by atoms with Crippen LogP contribution in [-0.4, -0.2) is 49.7 Å². The van der Waals surface area contributed by atoms with Crippen LogP contribution in [0.5, 0.6) is 0 Å². The molecule has 1 amide bonds. The summed E-state index contributed by atoms with van der Waals surface area (Å²) in [7, 11) is 0. The fourth-order valence-corrected chi connectivity index (χ4v) is 2.38. The number of nitrogens with zero attached hydrogens (tertiary/aromatic N) is 1. The Balaban J connectivity index is 1.90. The second kappa shape index (κ2) is 6.72. The Morgan fingerprint density at radius 3 is 3.10 bits per heavy atom. The number of amides is 1. The molecular formula is C15H23N3O2. The van der Waals surface area contributed by atoms with Crippen LogP contribution < -0.4 is 11.1 Å². The summed E-state index contributed by atoms with van der Waals surface area (Å²) in [4.78, 5) is 14.5. The number of carbonyl (C=O) groups excluding carboxylic acids is 1. The molecule has 1 saturated heterocycles. The second-order valence-electron chi connectivity index (χ2n) is 5.17. The lowest BCUT2D eigenvalue weighted by Gasteiger charge is -2.32. The lowest BCUT2D eigenvalue weighted by Crippen LogP contribution is -2.47. The molecule has 2 rings (SSSR count). The molecule has 0 radical (unpaired) electrons. The minimum absolute atomic E-state index is 0.0639. The molecule has 1 aromatic carbocycles. The van der Waals surface area contributed by atoms with Gasteiger partial charge in [-0.15, -0.1) is 0 Å². The fraction of sp³-hybridized carbons (Fsp3) is 0.533. The number of nitrogen functional groups attached to an aromatic ring is 1. The number of anilines is 1. The summed E-state index contributed by atoms with van der Waals surface area (Å²) in [5, 5.41) is 2.94. The normalized spacial score (nSPS) is 19.8. The smallest absolute Gasteiger partial charge is 0.251 e. The molecule has 1 heterocycles. The van der Waals surface area contributed by atoms with E-state index in [-0.39, 0.29) is 12.0 Å². The van der Waals surface area contributed by atoms with E-state index in [0.717, 1.165) is 31.8 Å². The van der Waals surface area contributed by atoms with Crippen molar-refractivity contribution < 1.29 is 9.53 Å². The van der Waals surface area contributed by atoms with Gasteiger partial charge in [-0.05, 0) is 31.2 Å². The highest BCUT2D eigenvalue weighted by Gasteiger charge is 2.20. The first kappa shape index (κ1) is 14.8. The molecule has 0 aromatic heterocycles. The molecule has 1 unspecified atom stereocenters. The van der Waals surface area contributed by atoms with E-state index in [4.69, 9.17) is 10.5 Å². The number of ether oxygens (including phenoxy) is 1. The minimum Gasteiger partial charge on any atom is -0.399 e. The van der Waals surface area contributed by atoms with Crippen LogP contribution in [0.1, 0.15) is 22.8 Å². The Bertz CT molecular complexity index is 476. The molecule has 1 aliphatic heterocycles. The summed E-state index contributed by atoms with van der Waals surface area (Å²) in [6.45, 7) is 8.15. The van der Waals surface area contributed by atoms with Crippen molar-refractivity contribution in [2.75, 3.05) is 38.5 Å². The predicted octanol–water partition coefficient (Wildman–Crippen LogP) is 1.03. The van der Waals surface area contributed by atoms with Crippen LogP contribution in [0.25, 0.3) is 0 Å². The molecule has 1 fully saturated rings. The average Bonchev–Trinajstić information content (AvgIpc) is 2.47. The van der Waals surface area contributed by atoms with Gasteiger partial charge in [-0.25, -0.2) is 0 Å². The molecule has 5 heteroatoms. The molecule has 1 atom stereocenters. The number of nitrogens with one attached hydrogen (secondary N) is 1. The lowest BCUT2D eigenvalue weighted by molar-refractivity contribution is -0.0246. The zero-order valence-corrected chi connectivity index (χ0v) is 12.2. The van der Waals surface area contributed by atoms with Crippen LogP contribution in [0.15, 0.2) is 18.2 Å². The van der Waals surface area contributed by atoms with Gasteiger partial charge in [-0.1, -0.05) is 13.0 Å². The Labute approximate surface area is 120 Å². The molecule has 0 aliphatic carbocycles. The van der Waals surface area contributed by atoms with Gasteiger partial charge in [0, 0.05) is 30.9 Å². The largest absolute Gasteiger partial charge is 0.399 e. The summed E-state index contributed by atoms with van der Waals surface area (Å²) in [5.74, 6) is -0.0907. The van der Waals surface area contributed by atoms with Crippen molar-refractivity contribution in [1.29, 1.82) is 0 Å². The van der Waals surface area contributed by atoms with Crippen LogP contribution in [0, 0.1) is 6.92 Å². The zero-order chi connectivity index (χ0) is 14.5. The van der Waals surface area contributed by atoms with E-state index in [1.807, 2.05) is 13.0 Å². The van der Waals surface area contributed by atoms with E-state index in [9.17, 15) is 4.79 Å². The van der Waals surface area contributed by atoms with Crippen molar-refractivity contribution in [3.63, 3.8) is 0 Å². The first-order chi connectivity index (χ1) is 9.60. The third-order valence-corrected chi connectivity index (χ3v) is 3.67. The number of benzene rings is 1. The van der Waals surface area contributed by atoms with Crippen LogP contribution in [0.2, 0.25) is 0 Å². The monoisotopic (exact) mass is 277 g/mol. The molecule has 110 valence electrons. The number of aryl methyl sites for hydroxylation is 1. The number of morpholine rings is 1. The lowest BCUT2D eigenvalue weighted by atomic mass is 10.1. The Hall–Kier alpha value is -1.59. The number of hydrogen-bond donors (Lipinski definition) is 2. The molecule has 0 spiro atoms. The van der Waals surface area contributed by atoms with Crippen molar-refractivity contribution >= 4 is 11.6 Å². The van der Waals surface area contributed by atoms with E-state index in [1.165, 1.54) is 0 Å².